The first-order chi connectivity index (χ1) is 9.10. The van der Waals surface area contributed by atoms with E-state index in [0.29, 0.717) is 6.04 Å². The summed E-state index contributed by atoms with van der Waals surface area (Å²) >= 11 is 0. The van der Waals surface area contributed by atoms with Crippen molar-refractivity contribution in [3.05, 3.63) is 29.8 Å². The molecule has 0 radical (unpaired) electrons. The maximum Gasteiger partial charge on any atom is 0.0431 e. The van der Waals surface area contributed by atoms with E-state index < -0.39 is 0 Å². The molecule has 104 valence electrons. The van der Waals surface area contributed by atoms with Crippen molar-refractivity contribution in [1.82, 2.24) is 4.90 Å². The van der Waals surface area contributed by atoms with Crippen molar-refractivity contribution in [3.8, 4) is 0 Å². The second-order valence-corrected chi connectivity index (χ2v) is 6.29. The molecule has 1 aromatic carbocycles. The van der Waals surface area contributed by atoms with Crippen LogP contribution in [-0.2, 0) is 5.54 Å². The summed E-state index contributed by atoms with van der Waals surface area (Å²) in [4.78, 5) is 5.07. The fourth-order valence-corrected chi connectivity index (χ4v) is 3.05. The van der Waals surface area contributed by atoms with Gasteiger partial charge in [-0.25, -0.2) is 0 Å². The minimum absolute atomic E-state index is 0.0359. The van der Waals surface area contributed by atoms with Gasteiger partial charge in [0.05, 0.1) is 0 Å². The quantitative estimate of drug-likeness (QED) is 0.903. The lowest BCUT2D eigenvalue weighted by Crippen LogP contribution is -2.49. The maximum absolute atomic E-state index is 6.41. The van der Waals surface area contributed by atoms with Crippen LogP contribution in [0.5, 0.6) is 0 Å². The lowest BCUT2D eigenvalue weighted by molar-refractivity contribution is 0.209. The van der Waals surface area contributed by atoms with Gasteiger partial charge in [-0.05, 0) is 38.3 Å². The summed E-state index contributed by atoms with van der Waals surface area (Å²) in [7, 11) is 0. The Morgan fingerprint density at radius 3 is 2.26 bits per heavy atom. The van der Waals surface area contributed by atoms with Crippen molar-refractivity contribution >= 4 is 5.69 Å². The second kappa shape index (κ2) is 4.80. The zero-order chi connectivity index (χ0) is 13.5. The average Bonchev–Trinajstić information content (AvgIpc) is 3.18. The molecule has 1 aliphatic heterocycles. The first-order valence-electron chi connectivity index (χ1n) is 7.47. The first kappa shape index (κ1) is 12.9. The Hall–Kier alpha value is -1.06. The van der Waals surface area contributed by atoms with Crippen molar-refractivity contribution in [3.63, 3.8) is 0 Å². The summed E-state index contributed by atoms with van der Waals surface area (Å²) in [6.45, 7) is 9.11. The number of rotatable bonds is 3. The molecule has 19 heavy (non-hydrogen) atoms. The number of hydrogen-bond acceptors (Lipinski definition) is 3. The average molecular weight is 259 g/mol. The molecule has 2 N–H and O–H groups in total. The molecule has 3 rings (SSSR count). The molecule has 3 nitrogen and oxygen atoms in total. The third-order valence-electron chi connectivity index (χ3n) is 4.61. The van der Waals surface area contributed by atoms with Crippen molar-refractivity contribution in [1.29, 1.82) is 0 Å². The van der Waals surface area contributed by atoms with Crippen molar-refractivity contribution in [2.75, 3.05) is 31.1 Å². The largest absolute Gasteiger partial charge is 0.369 e. The van der Waals surface area contributed by atoms with Gasteiger partial charge in [-0.15, -0.1) is 0 Å². The number of nitrogens with two attached hydrogens (primary N) is 1. The molecule has 0 amide bonds. The smallest absolute Gasteiger partial charge is 0.0431 e. The number of nitrogens with zero attached hydrogens (tertiary/aromatic N) is 2. The Bertz CT molecular complexity index is 443. The number of anilines is 1. The summed E-state index contributed by atoms with van der Waals surface area (Å²) in [5, 5.41) is 0. The van der Waals surface area contributed by atoms with Crippen LogP contribution in [0.4, 0.5) is 5.69 Å². The SMILES string of the molecule is CC(C)N1CCN(c2ccccc2C2(N)CC2)CC1. The van der Waals surface area contributed by atoms with E-state index in [4.69, 9.17) is 5.73 Å². The van der Waals surface area contributed by atoms with Gasteiger partial charge in [0.15, 0.2) is 0 Å². The number of piperazine rings is 1. The summed E-state index contributed by atoms with van der Waals surface area (Å²) in [6, 6.07) is 9.38. The van der Waals surface area contributed by atoms with E-state index in [1.807, 2.05) is 0 Å². The number of hydrogen-bond donors (Lipinski definition) is 1. The van der Waals surface area contributed by atoms with Crippen LogP contribution in [0, 0.1) is 0 Å². The lowest BCUT2D eigenvalue weighted by atomic mass is 10.0. The Morgan fingerprint density at radius 1 is 1.05 bits per heavy atom. The van der Waals surface area contributed by atoms with E-state index in [-0.39, 0.29) is 5.54 Å². The van der Waals surface area contributed by atoms with E-state index in [2.05, 4.69) is 47.9 Å². The molecule has 0 spiro atoms. The van der Waals surface area contributed by atoms with Gasteiger partial charge in [-0.3, -0.25) is 4.90 Å². The molecular weight excluding hydrogens is 234 g/mol. The predicted octanol–water partition coefficient (Wildman–Crippen LogP) is 2.16. The maximum atomic E-state index is 6.41. The van der Waals surface area contributed by atoms with Crippen molar-refractivity contribution in [2.45, 2.75) is 38.3 Å². The minimum Gasteiger partial charge on any atom is -0.369 e. The van der Waals surface area contributed by atoms with E-state index in [0.717, 1.165) is 39.0 Å². The van der Waals surface area contributed by atoms with E-state index >= 15 is 0 Å². The second-order valence-electron chi connectivity index (χ2n) is 6.29. The minimum atomic E-state index is -0.0359. The van der Waals surface area contributed by atoms with E-state index in [1.165, 1.54) is 11.3 Å². The van der Waals surface area contributed by atoms with Crippen LogP contribution in [0.1, 0.15) is 32.3 Å². The highest BCUT2D eigenvalue weighted by Crippen LogP contribution is 2.46. The van der Waals surface area contributed by atoms with Gasteiger partial charge >= 0.3 is 0 Å². The zero-order valence-electron chi connectivity index (χ0n) is 12.1. The Labute approximate surface area is 116 Å². The molecular formula is C16H25N3. The van der Waals surface area contributed by atoms with Gasteiger partial charge in [0.2, 0.25) is 0 Å². The lowest BCUT2D eigenvalue weighted by Gasteiger charge is -2.39. The summed E-state index contributed by atoms with van der Waals surface area (Å²) in [5.74, 6) is 0. The number of benzene rings is 1. The molecule has 1 saturated carbocycles. The van der Waals surface area contributed by atoms with Crippen molar-refractivity contribution in [2.24, 2.45) is 5.73 Å². The van der Waals surface area contributed by atoms with Crippen LogP contribution in [0.2, 0.25) is 0 Å². The van der Waals surface area contributed by atoms with Crippen LogP contribution < -0.4 is 10.6 Å². The van der Waals surface area contributed by atoms with Crippen LogP contribution in [0.25, 0.3) is 0 Å². The molecule has 0 unspecified atom stereocenters. The highest BCUT2D eigenvalue weighted by Gasteiger charge is 2.42. The van der Waals surface area contributed by atoms with Gasteiger partial charge in [0, 0.05) is 43.4 Å². The number of para-hydroxylation sites is 1. The monoisotopic (exact) mass is 259 g/mol. The van der Waals surface area contributed by atoms with Crippen LogP contribution in [-0.4, -0.2) is 37.1 Å². The molecule has 1 aromatic rings. The Kier molecular flexibility index (Phi) is 3.27. The van der Waals surface area contributed by atoms with Crippen LogP contribution >= 0.6 is 0 Å². The highest BCUT2D eigenvalue weighted by molar-refractivity contribution is 5.58. The summed E-state index contributed by atoms with van der Waals surface area (Å²) < 4.78 is 0. The van der Waals surface area contributed by atoms with Gasteiger partial charge < -0.3 is 10.6 Å². The fraction of sp³-hybridized carbons (Fsp3) is 0.625. The van der Waals surface area contributed by atoms with E-state index in [1.54, 1.807) is 0 Å². The van der Waals surface area contributed by atoms with Crippen LogP contribution in [0.3, 0.4) is 0 Å². The molecule has 2 aliphatic rings. The third kappa shape index (κ3) is 2.49. The molecule has 0 aromatic heterocycles. The fourth-order valence-electron chi connectivity index (χ4n) is 3.05. The normalized spacial score (nSPS) is 22.8. The Morgan fingerprint density at radius 2 is 1.68 bits per heavy atom. The molecule has 1 heterocycles. The molecule has 3 heteroatoms. The highest BCUT2D eigenvalue weighted by atomic mass is 15.3. The molecule has 0 atom stereocenters. The van der Waals surface area contributed by atoms with Gasteiger partial charge in [-0.2, -0.15) is 0 Å². The Balaban J connectivity index is 1.77. The molecule has 1 aliphatic carbocycles. The predicted molar refractivity (Wildman–Crippen MR) is 80.5 cm³/mol. The van der Waals surface area contributed by atoms with Gasteiger partial charge in [-0.1, -0.05) is 18.2 Å². The first-order valence-corrected chi connectivity index (χ1v) is 7.47. The van der Waals surface area contributed by atoms with Crippen LogP contribution in [0.15, 0.2) is 24.3 Å². The van der Waals surface area contributed by atoms with Gasteiger partial charge in [0.1, 0.15) is 0 Å². The van der Waals surface area contributed by atoms with E-state index in [9.17, 15) is 0 Å². The standard InChI is InChI=1S/C16H25N3/c1-13(2)18-9-11-19(12-10-18)15-6-4-3-5-14(15)16(17)7-8-16/h3-6,13H,7-12,17H2,1-2H3. The summed E-state index contributed by atoms with van der Waals surface area (Å²) in [6.07, 6.45) is 2.27. The van der Waals surface area contributed by atoms with Gasteiger partial charge in [0.25, 0.3) is 0 Å². The summed E-state index contributed by atoms with van der Waals surface area (Å²) in [5.41, 5.74) is 9.10. The third-order valence-corrected chi connectivity index (χ3v) is 4.61. The topological polar surface area (TPSA) is 32.5 Å². The van der Waals surface area contributed by atoms with Crippen molar-refractivity contribution < 1.29 is 0 Å². The molecule has 0 bridgehead atoms. The molecule has 2 fully saturated rings. The zero-order valence-corrected chi connectivity index (χ0v) is 12.1. The molecule has 1 saturated heterocycles.